The summed E-state index contributed by atoms with van der Waals surface area (Å²) in [5.74, 6) is -3.02. The summed E-state index contributed by atoms with van der Waals surface area (Å²) >= 11 is 1.49. The van der Waals surface area contributed by atoms with Crippen LogP contribution < -0.4 is 0 Å². The number of carbonyl (C=O) groups is 3. The van der Waals surface area contributed by atoms with Crippen molar-refractivity contribution in [2.75, 3.05) is 6.61 Å². The Morgan fingerprint density at radius 2 is 1.60 bits per heavy atom. The summed E-state index contributed by atoms with van der Waals surface area (Å²) in [6.07, 6.45) is -7.63. The van der Waals surface area contributed by atoms with Crippen molar-refractivity contribution in [3.8, 4) is 0 Å². The first-order valence-corrected chi connectivity index (χ1v) is 14.3. The molecule has 0 spiro atoms. The molecule has 0 saturated carbocycles. The van der Waals surface area contributed by atoms with Crippen LogP contribution in [-0.4, -0.2) is 90.8 Å². The van der Waals surface area contributed by atoms with Crippen LogP contribution in [0.1, 0.15) is 41.5 Å². The lowest BCUT2D eigenvalue weighted by Gasteiger charge is -2.47. The highest BCUT2D eigenvalue weighted by molar-refractivity contribution is 7.99. The molecule has 3 fully saturated rings. The molecule has 0 aliphatic carbocycles. The Hall–Kier alpha value is -2.91. The second-order valence-electron chi connectivity index (χ2n) is 10.5. The number of thioether (sulfide) groups is 1. The largest absolute Gasteiger partial charge is 0.463 e. The van der Waals surface area contributed by atoms with Crippen molar-refractivity contribution in [1.29, 1.82) is 0 Å². The highest BCUT2D eigenvalue weighted by atomic mass is 32.2. The van der Waals surface area contributed by atoms with Gasteiger partial charge >= 0.3 is 17.9 Å². The number of hydrogen-bond donors (Lipinski definition) is 0. The minimum Gasteiger partial charge on any atom is -0.463 e. The van der Waals surface area contributed by atoms with E-state index in [0.29, 0.717) is 0 Å². The van der Waals surface area contributed by atoms with Gasteiger partial charge in [-0.2, -0.15) is 0 Å². The van der Waals surface area contributed by atoms with Gasteiger partial charge in [-0.3, -0.25) is 14.4 Å². The molecular formula is C27H35N3O11S. The second kappa shape index (κ2) is 13.6. The average Bonchev–Trinajstić information content (AvgIpc) is 3.23. The van der Waals surface area contributed by atoms with Crippen molar-refractivity contribution in [1.82, 2.24) is 0 Å². The van der Waals surface area contributed by atoms with E-state index < -0.39 is 84.2 Å². The minimum absolute atomic E-state index is 0.362. The summed E-state index contributed by atoms with van der Waals surface area (Å²) in [6.45, 7) is 8.53. The fourth-order valence-electron chi connectivity index (χ4n) is 5.17. The lowest BCUT2D eigenvalue weighted by molar-refractivity contribution is -0.307. The number of benzene rings is 1. The van der Waals surface area contributed by atoms with Gasteiger partial charge < -0.3 is 37.9 Å². The second-order valence-corrected chi connectivity index (χ2v) is 11.7. The zero-order chi connectivity index (χ0) is 30.6. The first-order chi connectivity index (χ1) is 19.9. The highest BCUT2D eigenvalue weighted by Crippen LogP contribution is 2.44. The van der Waals surface area contributed by atoms with Crippen molar-refractivity contribution in [2.24, 2.45) is 5.11 Å². The van der Waals surface area contributed by atoms with Gasteiger partial charge in [0.05, 0.1) is 6.10 Å². The number of carbonyl (C=O) groups excluding carboxylic acids is 3. The van der Waals surface area contributed by atoms with Gasteiger partial charge in [0, 0.05) is 30.6 Å². The van der Waals surface area contributed by atoms with Gasteiger partial charge in [-0.05, 0) is 38.4 Å². The topological polar surface area (TPSA) is 174 Å². The maximum atomic E-state index is 12.1. The summed E-state index contributed by atoms with van der Waals surface area (Å²) < 4.78 is 47.5. The maximum absolute atomic E-state index is 12.1. The van der Waals surface area contributed by atoms with E-state index in [2.05, 4.69) is 10.0 Å². The molecule has 14 nitrogen and oxygen atoms in total. The minimum atomic E-state index is -1.35. The molecule has 0 N–H and O–H groups in total. The van der Waals surface area contributed by atoms with Crippen molar-refractivity contribution >= 4 is 29.7 Å². The summed E-state index contributed by atoms with van der Waals surface area (Å²) in [5.41, 5.74) is 8.97. The van der Waals surface area contributed by atoms with Gasteiger partial charge in [-0.15, -0.1) is 0 Å². The molecule has 0 aromatic heterocycles. The first kappa shape index (κ1) is 32.0. The third-order valence-electron chi connectivity index (χ3n) is 6.71. The number of hydrogen-bond acceptors (Lipinski definition) is 13. The standard InChI is InChI=1S/C27H35N3O11S/c1-13-20(23-24(41-27(5,6)40-23)26(35-13)42-17-10-8-7-9-11-17)39-25-19(29-30-28)22(37-16(4)33)21(36-15(3)32)18(38-25)12-34-14(2)31/h7-11,13,18-26H,12H2,1-6H3/t13-,18+,19+,20-,21+,22+,23+,24+,25+,26-/m0/s1. The molecule has 15 heteroatoms. The summed E-state index contributed by atoms with van der Waals surface area (Å²) in [4.78, 5) is 39.6. The number of esters is 3. The molecule has 3 saturated heterocycles. The smallest absolute Gasteiger partial charge is 0.303 e. The zero-order valence-corrected chi connectivity index (χ0v) is 24.9. The van der Waals surface area contributed by atoms with Crippen LogP contribution in [0.4, 0.5) is 0 Å². The van der Waals surface area contributed by atoms with Gasteiger partial charge in [0.1, 0.15) is 42.5 Å². The van der Waals surface area contributed by atoms with Gasteiger partial charge in [0.2, 0.25) is 0 Å². The van der Waals surface area contributed by atoms with Crippen LogP contribution in [0.15, 0.2) is 40.3 Å². The first-order valence-electron chi connectivity index (χ1n) is 13.4. The molecular weight excluding hydrogens is 574 g/mol. The Morgan fingerprint density at radius 1 is 0.952 bits per heavy atom. The lowest BCUT2D eigenvalue weighted by atomic mass is 9.96. The van der Waals surface area contributed by atoms with Crippen LogP contribution in [0.2, 0.25) is 0 Å². The maximum Gasteiger partial charge on any atom is 0.303 e. The molecule has 0 bridgehead atoms. The van der Waals surface area contributed by atoms with Crippen molar-refractivity contribution in [2.45, 2.75) is 113 Å². The normalized spacial score (nSPS) is 35.3. The van der Waals surface area contributed by atoms with Crippen LogP contribution in [0, 0.1) is 0 Å². The molecule has 1 aromatic carbocycles. The van der Waals surface area contributed by atoms with E-state index in [1.54, 1.807) is 20.8 Å². The Labute approximate surface area is 247 Å². The Morgan fingerprint density at radius 3 is 2.21 bits per heavy atom. The molecule has 3 aliphatic heterocycles. The molecule has 230 valence electrons. The lowest BCUT2D eigenvalue weighted by Crippen LogP contribution is -2.64. The van der Waals surface area contributed by atoms with Gasteiger partial charge in [0.25, 0.3) is 0 Å². The molecule has 0 unspecified atom stereocenters. The van der Waals surface area contributed by atoms with Crippen LogP contribution in [0.3, 0.4) is 0 Å². The van der Waals surface area contributed by atoms with Crippen LogP contribution in [-0.2, 0) is 52.3 Å². The summed E-state index contributed by atoms with van der Waals surface area (Å²) in [5, 5.41) is 3.80. The average molecular weight is 610 g/mol. The van der Waals surface area contributed by atoms with E-state index in [9.17, 15) is 19.9 Å². The van der Waals surface area contributed by atoms with Gasteiger partial charge in [-0.1, -0.05) is 35.1 Å². The molecule has 4 rings (SSSR count). The molecule has 42 heavy (non-hydrogen) atoms. The molecule has 0 amide bonds. The predicted molar refractivity (Wildman–Crippen MR) is 145 cm³/mol. The monoisotopic (exact) mass is 609 g/mol. The van der Waals surface area contributed by atoms with Crippen molar-refractivity contribution in [3.05, 3.63) is 40.8 Å². The number of azide groups is 1. The van der Waals surface area contributed by atoms with E-state index in [1.165, 1.54) is 18.7 Å². The van der Waals surface area contributed by atoms with E-state index in [-0.39, 0.29) is 6.61 Å². The van der Waals surface area contributed by atoms with Crippen molar-refractivity contribution < 1.29 is 52.3 Å². The molecule has 1 aromatic rings. The van der Waals surface area contributed by atoms with E-state index in [1.807, 2.05) is 30.3 Å². The van der Waals surface area contributed by atoms with Gasteiger partial charge in [0.15, 0.2) is 24.3 Å². The van der Waals surface area contributed by atoms with Gasteiger partial charge in [-0.25, -0.2) is 0 Å². The third kappa shape index (κ3) is 7.72. The number of nitrogens with zero attached hydrogens (tertiary/aromatic N) is 3. The van der Waals surface area contributed by atoms with Crippen molar-refractivity contribution in [3.63, 3.8) is 0 Å². The SMILES string of the molecule is CC(=O)OC[C@H]1O[C@H](O[C@@H]2[C@H]3OC(C)(C)O[C@H]3[C@H](Sc3ccccc3)O[C@H]2C)[C@H](N=[N+]=[N-])[C@@H](OC(C)=O)[C@@H]1OC(C)=O. The molecule has 0 radical (unpaired) electrons. The Kier molecular flexibility index (Phi) is 10.4. The highest BCUT2D eigenvalue weighted by Gasteiger charge is 2.58. The van der Waals surface area contributed by atoms with Crippen LogP contribution in [0.25, 0.3) is 10.4 Å². The fraction of sp³-hybridized carbons (Fsp3) is 0.667. The quantitative estimate of drug-likeness (QED) is 0.132. The predicted octanol–water partition coefficient (Wildman–Crippen LogP) is 3.26. The van der Waals surface area contributed by atoms with E-state index in [0.717, 1.165) is 18.7 Å². The van der Waals surface area contributed by atoms with Crippen LogP contribution in [0.5, 0.6) is 0 Å². The summed E-state index contributed by atoms with van der Waals surface area (Å²) in [7, 11) is 0. The summed E-state index contributed by atoms with van der Waals surface area (Å²) in [6, 6.07) is 8.42. The Bertz CT molecular complexity index is 1180. The third-order valence-corrected chi connectivity index (χ3v) is 7.86. The molecule has 3 aliphatic rings. The Balaban J connectivity index is 1.64. The number of rotatable bonds is 9. The number of fused-ring (bicyclic) bond motifs is 1. The zero-order valence-electron chi connectivity index (χ0n) is 24.1. The number of ether oxygens (including phenoxy) is 8. The molecule has 10 atom stereocenters. The fourth-order valence-corrected chi connectivity index (χ4v) is 6.32. The van der Waals surface area contributed by atoms with Crippen LogP contribution >= 0.6 is 11.8 Å². The van der Waals surface area contributed by atoms with E-state index >= 15 is 0 Å². The van der Waals surface area contributed by atoms with E-state index in [4.69, 9.17) is 37.9 Å². The molecule has 3 heterocycles.